The number of aliphatic imine (C=N–C) groups is 1. The number of hydrogen-bond donors (Lipinski definition) is 1. The Morgan fingerprint density at radius 2 is 2.00 bits per heavy atom. The lowest BCUT2D eigenvalue weighted by molar-refractivity contribution is -0.115. The van der Waals surface area contributed by atoms with Gasteiger partial charge in [0.05, 0.1) is 10.6 Å². The van der Waals surface area contributed by atoms with Crippen LogP contribution in [0.1, 0.15) is 56.7 Å². The van der Waals surface area contributed by atoms with E-state index >= 15 is 0 Å². The van der Waals surface area contributed by atoms with E-state index < -0.39 is 0 Å². The number of carbonyl (C=O) groups excluding carboxylic acids is 1. The molecule has 2 heterocycles. The van der Waals surface area contributed by atoms with Crippen molar-refractivity contribution in [3.8, 4) is 0 Å². The first-order valence-corrected chi connectivity index (χ1v) is 11.4. The Kier molecular flexibility index (Phi) is 5.49. The molecule has 1 fully saturated rings. The molecule has 0 spiro atoms. The van der Waals surface area contributed by atoms with Crippen molar-refractivity contribution in [2.24, 2.45) is 4.99 Å². The molecule has 0 aliphatic carbocycles. The summed E-state index contributed by atoms with van der Waals surface area (Å²) in [7, 11) is 0. The molecule has 1 unspecified atom stereocenters. The van der Waals surface area contributed by atoms with Crippen LogP contribution in [0.3, 0.4) is 0 Å². The Morgan fingerprint density at radius 3 is 2.70 bits per heavy atom. The number of carbonyl (C=O) groups is 1. The maximum Gasteiger partial charge on any atom is 0.264 e. The summed E-state index contributed by atoms with van der Waals surface area (Å²) in [4.78, 5) is 20.3. The standard InChI is InChI=1S/C25H29N3OS/c1-6-28-21-12-16(2)18(13-20(21)17(3)15-25(28,4)5)14-22-23(29)27-24(30-22)26-19-10-8-7-9-11-19/h7-14,17H,6,15H2,1-5H3,(H,26,27,29)/b22-14+. The number of benzene rings is 2. The lowest BCUT2D eigenvalue weighted by atomic mass is 9.79. The van der Waals surface area contributed by atoms with Crippen molar-refractivity contribution in [1.82, 2.24) is 5.32 Å². The normalized spacial score (nSPS) is 23.0. The van der Waals surface area contributed by atoms with Crippen molar-refractivity contribution in [2.75, 3.05) is 11.4 Å². The van der Waals surface area contributed by atoms with Crippen LogP contribution in [0.4, 0.5) is 11.4 Å². The molecule has 30 heavy (non-hydrogen) atoms. The summed E-state index contributed by atoms with van der Waals surface area (Å²) < 4.78 is 0. The smallest absolute Gasteiger partial charge is 0.264 e. The van der Waals surface area contributed by atoms with Crippen LogP contribution in [-0.4, -0.2) is 23.2 Å². The molecule has 156 valence electrons. The predicted octanol–water partition coefficient (Wildman–Crippen LogP) is 6.00. The molecule has 5 heteroatoms. The second kappa shape index (κ2) is 7.95. The van der Waals surface area contributed by atoms with Crippen molar-refractivity contribution < 1.29 is 4.79 Å². The maximum atomic E-state index is 12.5. The van der Waals surface area contributed by atoms with Crippen LogP contribution >= 0.6 is 11.8 Å². The number of anilines is 1. The summed E-state index contributed by atoms with van der Waals surface area (Å²) in [6.07, 6.45) is 3.13. The Hall–Kier alpha value is -2.53. The van der Waals surface area contributed by atoms with Gasteiger partial charge >= 0.3 is 0 Å². The summed E-state index contributed by atoms with van der Waals surface area (Å²) >= 11 is 1.40. The van der Waals surface area contributed by atoms with Gasteiger partial charge in [-0.25, -0.2) is 4.99 Å². The largest absolute Gasteiger partial charge is 0.366 e. The van der Waals surface area contributed by atoms with Crippen molar-refractivity contribution in [2.45, 2.75) is 52.5 Å². The van der Waals surface area contributed by atoms with Gasteiger partial charge in [-0.2, -0.15) is 0 Å². The molecule has 2 aromatic rings. The Balaban J connectivity index is 1.67. The molecule has 0 aromatic heterocycles. The molecule has 0 saturated carbocycles. The summed E-state index contributed by atoms with van der Waals surface area (Å²) in [5.74, 6) is 0.395. The second-order valence-electron chi connectivity index (χ2n) is 8.75. The van der Waals surface area contributed by atoms with Gasteiger partial charge in [0.1, 0.15) is 0 Å². The Morgan fingerprint density at radius 1 is 1.27 bits per heavy atom. The quantitative estimate of drug-likeness (QED) is 0.621. The SMILES string of the molecule is CCN1c2cc(C)c(/C=C3/SC(=Nc4ccccc4)NC3=O)cc2C(C)CC1(C)C. The number of rotatable bonds is 3. The number of nitrogens with zero attached hydrogens (tertiary/aromatic N) is 2. The van der Waals surface area contributed by atoms with Crippen molar-refractivity contribution in [1.29, 1.82) is 0 Å². The number of fused-ring (bicyclic) bond motifs is 1. The number of hydrogen-bond acceptors (Lipinski definition) is 4. The predicted molar refractivity (Wildman–Crippen MR) is 129 cm³/mol. The third kappa shape index (κ3) is 3.91. The fourth-order valence-electron chi connectivity index (χ4n) is 4.65. The van der Waals surface area contributed by atoms with Crippen LogP contribution in [0.5, 0.6) is 0 Å². The van der Waals surface area contributed by atoms with Crippen LogP contribution in [0.15, 0.2) is 52.4 Å². The molecular weight excluding hydrogens is 390 g/mol. The number of amidine groups is 1. The third-order valence-electron chi connectivity index (χ3n) is 6.01. The first-order chi connectivity index (χ1) is 14.3. The zero-order valence-corrected chi connectivity index (χ0v) is 19.1. The maximum absolute atomic E-state index is 12.5. The fraction of sp³-hybridized carbons (Fsp3) is 0.360. The van der Waals surface area contributed by atoms with E-state index in [-0.39, 0.29) is 11.4 Å². The van der Waals surface area contributed by atoms with E-state index in [0.29, 0.717) is 16.0 Å². The Bertz CT molecular complexity index is 1040. The lowest BCUT2D eigenvalue weighted by Crippen LogP contribution is -2.48. The lowest BCUT2D eigenvalue weighted by Gasteiger charge is -2.47. The van der Waals surface area contributed by atoms with Gasteiger partial charge in [0, 0.05) is 17.8 Å². The van der Waals surface area contributed by atoms with E-state index in [4.69, 9.17) is 0 Å². The van der Waals surface area contributed by atoms with E-state index in [9.17, 15) is 4.79 Å². The molecule has 1 amide bonds. The van der Waals surface area contributed by atoms with E-state index in [2.05, 4.69) is 62.0 Å². The third-order valence-corrected chi connectivity index (χ3v) is 6.92. The molecule has 1 atom stereocenters. The van der Waals surface area contributed by atoms with Crippen molar-refractivity contribution in [3.63, 3.8) is 0 Å². The molecule has 4 rings (SSSR count). The molecule has 4 nitrogen and oxygen atoms in total. The molecule has 1 saturated heterocycles. The van der Waals surface area contributed by atoms with E-state index in [1.807, 2.05) is 36.4 Å². The first kappa shape index (κ1) is 20.7. The average Bonchev–Trinajstić information content (AvgIpc) is 3.02. The van der Waals surface area contributed by atoms with Crippen LogP contribution in [0.2, 0.25) is 0 Å². The molecule has 2 aliphatic heterocycles. The van der Waals surface area contributed by atoms with Gasteiger partial charge in [-0.1, -0.05) is 25.1 Å². The second-order valence-corrected chi connectivity index (χ2v) is 9.78. The first-order valence-electron chi connectivity index (χ1n) is 10.6. The minimum absolute atomic E-state index is 0.0869. The van der Waals surface area contributed by atoms with Crippen LogP contribution in [0.25, 0.3) is 6.08 Å². The number of aryl methyl sites for hydroxylation is 1. The van der Waals surface area contributed by atoms with Gasteiger partial charge in [0.2, 0.25) is 0 Å². The van der Waals surface area contributed by atoms with E-state index in [1.165, 1.54) is 28.6 Å². The van der Waals surface area contributed by atoms with E-state index in [0.717, 1.165) is 24.2 Å². The monoisotopic (exact) mass is 419 g/mol. The minimum Gasteiger partial charge on any atom is -0.366 e. The minimum atomic E-state index is -0.0869. The number of amides is 1. The van der Waals surface area contributed by atoms with Crippen LogP contribution in [0, 0.1) is 6.92 Å². The number of para-hydroxylation sites is 1. The van der Waals surface area contributed by atoms with Gasteiger partial charge in [0.25, 0.3) is 5.91 Å². The van der Waals surface area contributed by atoms with Gasteiger partial charge in [0.15, 0.2) is 5.17 Å². The molecule has 1 N–H and O–H groups in total. The summed E-state index contributed by atoms with van der Waals surface area (Å²) in [6.45, 7) is 12.3. The van der Waals surface area contributed by atoms with E-state index in [1.54, 1.807) is 0 Å². The van der Waals surface area contributed by atoms with Gasteiger partial charge in [-0.3, -0.25) is 4.79 Å². The topological polar surface area (TPSA) is 44.7 Å². The fourth-order valence-corrected chi connectivity index (χ4v) is 5.48. The van der Waals surface area contributed by atoms with Crippen LogP contribution < -0.4 is 10.2 Å². The highest BCUT2D eigenvalue weighted by Gasteiger charge is 2.35. The zero-order valence-electron chi connectivity index (χ0n) is 18.3. The van der Waals surface area contributed by atoms with Crippen LogP contribution in [-0.2, 0) is 4.79 Å². The molecule has 2 aromatic carbocycles. The summed E-state index contributed by atoms with van der Waals surface area (Å²) in [6, 6.07) is 14.3. The highest BCUT2D eigenvalue weighted by atomic mass is 32.2. The number of thioether (sulfide) groups is 1. The zero-order chi connectivity index (χ0) is 21.5. The summed E-state index contributed by atoms with van der Waals surface area (Å²) in [5, 5.41) is 3.51. The molecular formula is C25H29N3OS. The Labute approximate surface area is 183 Å². The molecule has 0 radical (unpaired) electrons. The average molecular weight is 420 g/mol. The van der Waals surface area contributed by atoms with Crippen molar-refractivity contribution in [3.05, 3.63) is 64.1 Å². The van der Waals surface area contributed by atoms with Gasteiger partial charge in [-0.05, 0) is 98.8 Å². The molecule has 0 bridgehead atoms. The highest BCUT2D eigenvalue weighted by molar-refractivity contribution is 8.18. The number of nitrogens with one attached hydrogen (secondary N) is 1. The molecule has 2 aliphatic rings. The summed E-state index contributed by atoms with van der Waals surface area (Å²) in [5.41, 5.74) is 5.98. The van der Waals surface area contributed by atoms with Gasteiger partial charge < -0.3 is 10.2 Å². The van der Waals surface area contributed by atoms with Crippen molar-refractivity contribution >= 4 is 40.3 Å². The van der Waals surface area contributed by atoms with Gasteiger partial charge in [-0.15, -0.1) is 0 Å². The highest BCUT2D eigenvalue weighted by Crippen LogP contribution is 2.44.